The van der Waals surface area contributed by atoms with Crippen LogP contribution in [0.4, 0.5) is 0 Å². The Hall–Kier alpha value is -1.10. The Morgan fingerprint density at radius 1 is 0.879 bits per heavy atom. The highest BCUT2D eigenvalue weighted by Gasteiger charge is 2.81. The first-order valence-electron chi connectivity index (χ1n) is 12.2. The minimum absolute atomic E-state index is 0.330. The molecule has 8 nitrogen and oxygen atoms in total. The lowest BCUT2D eigenvalue weighted by Crippen LogP contribution is -2.82. The highest BCUT2D eigenvalue weighted by atomic mass is 17.3. The van der Waals surface area contributed by atoms with Crippen molar-refractivity contribution in [2.75, 3.05) is 13.7 Å². The Morgan fingerprint density at radius 2 is 1.48 bits per heavy atom. The van der Waals surface area contributed by atoms with Gasteiger partial charge < -0.3 is 29.9 Å². The van der Waals surface area contributed by atoms with Crippen LogP contribution in [0.25, 0.3) is 0 Å². The summed E-state index contributed by atoms with van der Waals surface area (Å²) in [5.74, 6) is 0.577. The molecule has 0 aromatic heterocycles. The van der Waals surface area contributed by atoms with Gasteiger partial charge in [0, 0.05) is 12.5 Å². The number of aliphatic hydroxyl groups is 4. The summed E-state index contributed by atoms with van der Waals surface area (Å²) in [4.78, 5) is 12.0. The zero-order chi connectivity index (χ0) is 23.0. The maximum atomic E-state index is 11.2. The fourth-order valence-electron chi connectivity index (χ4n) is 8.37. The number of benzene rings is 1. The van der Waals surface area contributed by atoms with Crippen LogP contribution in [0.5, 0.6) is 0 Å². The molecule has 6 aliphatic rings. The molecule has 8 heteroatoms. The second kappa shape index (κ2) is 7.70. The molecule has 2 unspecified atom stereocenters. The molecule has 4 saturated carbocycles. The molecule has 1 aromatic rings. The molecule has 2 heterocycles. The molecular formula is C25H34O8. The van der Waals surface area contributed by atoms with E-state index in [0.29, 0.717) is 23.3 Å². The molecule has 6 fully saturated rings. The highest BCUT2D eigenvalue weighted by molar-refractivity contribution is 5.34. The SMILES string of the molecule is COC1(C23CC4CC(CC(C4)C2)C3)OOC1(c1ccccc1)[C@@H]1O[C@H](CO)[C@H](O)[C@H](O)[C@H]1O. The van der Waals surface area contributed by atoms with Gasteiger partial charge in [0.1, 0.15) is 30.5 Å². The molecule has 182 valence electrons. The largest absolute Gasteiger partial charge is 0.394 e. The molecule has 33 heavy (non-hydrogen) atoms. The third kappa shape index (κ3) is 2.81. The van der Waals surface area contributed by atoms with Crippen molar-refractivity contribution >= 4 is 0 Å². The molecule has 2 saturated heterocycles. The zero-order valence-electron chi connectivity index (χ0n) is 18.9. The lowest BCUT2D eigenvalue weighted by Gasteiger charge is -2.70. The van der Waals surface area contributed by atoms with E-state index in [9.17, 15) is 20.4 Å². The van der Waals surface area contributed by atoms with Crippen LogP contribution in [-0.2, 0) is 24.8 Å². The first-order chi connectivity index (χ1) is 15.9. The fourth-order valence-corrected chi connectivity index (χ4v) is 8.37. The fraction of sp³-hybridized carbons (Fsp3) is 0.760. The Labute approximate surface area is 193 Å². The van der Waals surface area contributed by atoms with Gasteiger partial charge in [-0.05, 0) is 61.8 Å². The van der Waals surface area contributed by atoms with E-state index >= 15 is 0 Å². The van der Waals surface area contributed by atoms with E-state index in [2.05, 4.69) is 0 Å². The molecule has 4 aliphatic carbocycles. The van der Waals surface area contributed by atoms with Crippen molar-refractivity contribution in [2.24, 2.45) is 23.2 Å². The summed E-state index contributed by atoms with van der Waals surface area (Å²) in [6, 6.07) is 9.42. The Balaban J connectivity index is 1.51. The van der Waals surface area contributed by atoms with Crippen molar-refractivity contribution in [1.82, 2.24) is 0 Å². The number of hydrogen-bond acceptors (Lipinski definition) is 8. The predicted molar refractivity (Wildman–Crippen MR) is 114 cm³/mol. The van der Waals surface area contributed by atoms with Gasteiger partial charge >= 0.3 is 0 Å². The molecule has 4 N–H and O–H groups in total. The van der Waals surface area contributed by atoms with Crippen molar-refractivity contribution in [3.63, 3.8) is 0 Å². The van der Waals surface area contributed by atoms with E-state index in [-0.39, 0.29) is 5.41 Å². The quantitative estimate of drug-likeness (QED) is 0.483. The average molecular weight is 463 g/mol. The summed E-state index contributed by atoms with van der Waals surface area (Å²) >= 11 is 0. The van der Waals surface area contributed by atoms with Crippen molar-refractivity contribution in [2.45, 2.75) is 80.4 Å². The van der Waals surface area contributed by atoms with E-state index in [1.165, 1.54) is 19.3 Å². The van der Waals surface area contributed by atoms with Crippen LogP contribution in [0, 0.1) is 23.2 Å². The number of ether oxygens (including phenoxy) is 2. The van der Waals surface area contributed by atoms with E-state index in [1.807, 2.05) is 30.3 Å². The molecule has 2 aliphatic heterocycles. The predicted octanol–water partition coefficient (Wildman–Crippen LogP) is 1.25. The minimum Gasteiger partial charge on any atom is -0.394 e. The van der Waals surface area contributed by atoms with Crippen LogP contribution in [0.3, 0.4) is 0 Å². The molecule has 4 bridgehead atoms. The Morgan fingerprint density at radius 3 is 1.97 bits per heavy atom. The summed E-state index contributed by atoms with van der Waals surface area (Å²) in [5, 5.41) is 42.1. The third-order valence-corrected chi connectivity index (χ3v) is 9.30. The van der Waals surface area contributed by atoms with Gasteiger partial charge in [0.15, 0.2) is 0 Å². The molecular weight excluding hydrogens is 428 g/mol. The van der Waals surface area contributed by atoms with E-state index in [1.54, 1.807) is 7.11 Å². The minimum atomic E-state index is -1.52. The van der Waals surface area contributed by atoms with Crippen LogP contribution in [-0.4, -0.2) is 70.4 Å². The summed E-state index contributed by atoms with van der Waals surface area (Å²) in [7, 11) is 1.61. The Bertz CT molecular complexity index is 837. The summed E-state index contributed by atoms with van der Waals surface area (Å²) < 4.78 is 12.4. The number of methoxy groups -OCH3 is 1. The summed E-state index contributed by atoms with van der Waals surface area (Å²) in [5.41, 5.74) is -1.01. The van der Waals surface area contributed by atoms with Gasteiger partial charge in [-0.25, -0.2) is 4.89 Å². The van der Waals surface area contributed by atoms with Gasteiger partial charge in [0.25, 0.3) is 0 Å². The average Bonchev–Trinajstić information content (AvgIpc) is 2.79. The molecule has 0 spiro atoms. The smallest absolute Gasteiger partial charge is 0.246 e. The number of hydrogen-bond donors (Lipinski definition) is 4. The highest BCUT2D eigenvalue weighted by Crippen LogP contribution is 2.72. The van der Waals surface area contributed by atoms with Crippen LogP contribution in [0.15, 0.2) is 30.3 Å². The lowest BCUT2D eigenvalue weighted by molar-refractivity contribution is -0.658. The third-order valence-electron chi connectivity index (χ3n) is 9.30. The zero-order valence-corrected chi connectivity index (χ0v) is 18.9. The van der Waals surface area contributed by atoms with E-state index < -0.39 is 48.5 Å². The van der Waals surface area contributed by atoms with Crippen molar-refractivity contribution in [1.29, 1.82) is 0 Å². The topological polar surface area (TPSA) is 118 Å². The van der Waals surface area contributed by atoms with E-state index in [0.717, 1.165) is 19.3 Å². The molecule has 0 radical (unpaired) electrons. The normalized spacial score (nSPS) is 53.1. The molecule has 7 rings (SSSR count). The molecule has 0 amide bonds. The van der Waals surface area contributed by atoms with Crippen LogP contribution >= 0.6 is 0 Å². The summed E-state index contributed by atoms with van der Waals surface area (Å²) in [6.45, 7) is -0.509. The van der Waals surface area contributed by atoms with Gasteiger partial charge in [0.05, 0.1) is 6.61 Å². The van der Waals surface area contributed by atoms with Crippen LogP contribution in [0.2, 0.25) is 0 Å². The first kappa shape index (κ1) is 22.4. The van der Waals surface area contributed by atoms with Gasteiger partial charge in [-0.3, -0.25) is 0 Å². The number of aliphatic hydroxyl groups excluding tert-OH is 4. The lowest BCUT2D eigenvalue weighted by atomic mass is 9.44. The number of rotatable bonds is 5. The summed E-state index contributed by atoms with van der Waals surface area (Å²) in [6.07, 6.45) is -0.0821. The second-order valence-corrected chi connectivity index (χ2v) is 11.0. The van der Waals surface area contributed by atoms with Crippen molar-refractivity contribution in [3.05, 3.63) is 35.9 Å². The second-order valence-electron chi connectivity index (χ2n) is 11.0. The van der Waals surface area contributed by atoms with Crippen LogP contribution in [0.1, 0.15) is 44.1 Å². The first-order valence-corrected chi connectivity index (χ1v) is 12.2. The van der Waals surface area contributed by atoms with Crippen molar-refractivity contribution < 1.29 is 39.7 Å². The van der Waals surface area contributed by atoms with Crippen LogP contribution < -0.4 is 0 Å². The standard InChI is InChI=1S/C25H34O8/c1-30-25(23-10-14-7-15(11-23)9-16(8-14)12-23)24(32-33-25,17-5-3-2-4-6-17)22-21(29)20(28)19(27)18(13-26)31-22/h2-6,14-16,18-22,26-29H,7-13H2,1H3/t14?,15?,16?,18-,19+,20+,21-,22-,23?,24?,25?/m1/s1. The van der Waals surface area contributed by atoms with Gasteiger partial charge in [-0.1, -0.05) is 30.3 Å². The maximum Gasteiger partial charge on any atom is 0.246 e. The van der Waals surface area contributed by atoms with E-state index in [4.69, 9.17) is 19.2 Å². The Kier molecular flexibility index (Phi) is 5.22. The molecule has 7 atom stereocenters. The maximum absolute atomic E-state index is 11.2. The molecule has 1 aromatic carbocycles. The van der Waals surface area contributed by atoms with Gasteiger partial charge in [0.2, 0.25) is 11.4 Å². The van der Waals surface area contributed by atoms with Gasteiger partial charge in [-0.2, -0.15) is 4.89 Å². The van der Waals surface area contributed by atoms with Crippen molar-refractivity contribution in [3.8, 4) is 0 Å². The monoisotopic (exact) mass is 462 g/mol. The van der Waals surface area contributed by atoms with Gasteiger partial charge in [-0.15, -0.1) is 0 Å².